The third-order valence-electron chi connectivity index (χ3n) is 3.47. The van der Waals surface area contributed by atoms with E-state index in [1.54, 1.807) is 24.3 Å². The summed E-state index contributed by atoms with van der Waals surface area (Å²) in [5.41, 5.74) is 2.00. The minimum Gasteiger partial charge on any atom is -0.383 e. The molecule has 6 nitrogen and oxygen atoms in total. The van der Waals surface area contributed by atoms with Gasteiger partial charge in [-0.25, -0.2) is 0 Å². The lowest BCUT2D eigenvalue weighted by molar-refractivity contribution is 0.491. The molecular formula is C17H20O6S2. The van der Waals surface area contributed by atoms with Crippen molar-refractivity contribution in [2.24, 2.45) is 0 Å². The van der Waals surface area contributed by atoms with Crippen molar-refractivity contribution in [3.63, 3.8) is 0 Å². The Labute approximate surface area is 148 Å². The second-order valence-corrected chi connectivity index (χ2v) is 8.82. The van der Waals surface area contributed by atoms with Gasteiger partial charge in [-0.15, -0.1) is 0 Å². The van der Waals surface area contributed by atoms with E-state index in [0.717, 1.165) is 30.1 Å². The Morgan fingerprint density at radius 3 is 1.28 bits per heavy atom. The second-order valence-electron chi connectivity index (χ2n) is 5.67. The van der Waals surface area contributed by atoms with E-state index < -0.39 is 20.2 Å². The van der Waals surface area contributed by atoms with Crippen LogP contribution in [0.4, 0.5) is 0 Å². The Kier molecular flexibility index (Phi) is 5.74. The van der Waals surface area contributed by atoms with Crippen LogP contribution in [0.2, 0.25) is 0 Å². The summed E-state index contributed by atoms with van der Waals surface area (Å²) in [5, 5.41) is 0. The van der Waals surface area contributed by atoms with Gasteiger partial charge in [-0.05, 0) is 41.8 Å². The molecule has 0 saturated carbocycles. The van der Waals surface area contributed by atoms with E-state index >= 15 is 0 Å². The first-order chi connectivity index (χ1) is 11.6. The minimum atomic E-state index is -3.55. The van der Waals surface area contributed by atoms with Gasteiger partial charge >= 0.3 is 20.2 Å². The largest absolute Gasteiger partial charge is 0.383 e. The van der Waals surface area contributed by atoms with Gasteiger partial charge in [0.25, 0.3) is 0 Å². The molecule has 0 unspecified atom stereocenters. The Balaban J connectivity index is 2.21. The zero-order chi connectivity index (χ0) is 18.7. The van der Waals surface area contributed by atoms with Crippen LogP contribution in [0.25, 0.3) is 0 Å². The van der Waals surface area contributed by atoms with Gasteiger partial charge in [0.15, 0.2) is 0 Å². The van der Waals surface area contributed by atoms with Crippen LogP contribution in [0.5, 0.6) is 11.5 Å². The van der Waals surface area contributed by atoms with Crippen molar-refractivity contribution in [3.05, 3.63) is 59.7 Å². The number of rotatable bonds is 7. The molecule has 25 heavy (non-hydrogen) atoms. The van der Waals surface area contributed by atoms with Crippen molar-refractivity contribution >= 4 is 20.2 Å². The molecule has 0 aliphatic rings. The molecule has 2 aromatic carbocycles. The molecule has 136 valence electrons. The van der Waals surface area contributed by atoms with Gasteiger partial charge in [-0.1, -0.05) is 31.2 Å². The standard InChI is InChI=1S/C17H20O6S2/c1-4-17(13-5-9-15(10-6-13)22-24(2,18)19)14-7-11-16(12-8-14)23-25(3,20)21/h5-12,17H,4H2,1-3H3. The zero-order valence-corrected chi connectivity index (χ0v) is 15.8. The summed E-state index contributed by atoms with van der Waals surface area (Å²) in [5.74, 6) is 0.607. The molecule has 0 bridgehead atoms. The second kappa shape index (κ2) is 7.45. The van der Waals surface area contributed by atoms with E-state index in [1.165, 1.54) is 0 Å². The molecule has 0 fully saturated rings. The fourth-order valence-corrected chi connectivity index (χ4v) is 3.45. The minimum absolute atomic E-state index is 0.0829. The predicted molar refractivity (Wildman–Crippen MR) is 96.0 cm³/mol. The van der Waals surface area contributed by atoms with Crippen molar-refractivity contribution in [2.75, 3.05) is 12.5 Å². The van der Waals surface area contributed by atoms with Crippen LogP contribution in [-0.2, 0) is 20.2 Å². The van der Waals surface area contributed by atoms with Crippen LogP contribution in [0.15, 0.2) is 48.5 Å². The van der Waals surface area contributed by atoms with E-state index in [1.807, 2.05) is 31.2 Å². The summed E-state index contributed by atoms with van der Waals surface area (Å²) in [4.78, 5) is 0. The first-order valence-corrected chi connectivity index (χ1v) is 11.2. The molecule has 0 radical (unpaired) electrons. The summed E-state index contributed by atoms with van der Waals surface area (Å²) < 4.78 is 54.3. The average molecular weight is 384 g/mol. The lowest BCUT2D eigenvalue weighted by atomic mass is 9.89. The van der Waals surface area contributed by atoms with E-state index in [0.29, 0.717) is 0 Å². The van der Waals surface area contributed by atoms with Crippen molar-refractivity contribution in [1.82, 2.24) is 0 Å². The predicted octanol–water partition coefficient (Wildman–Crippen LogP) is 2.91. The summed E-state index contributed by atoms with van der Waals surface area (Å²) in [6.07, 6.45) is 2.81. The summed E-state index contributed by atoms with van der Waals surface area (Å²) >= 11 is 0. The quantitative estimate of drug-likeness (QED) is 0.682. The van der Waals surface area contributed by atoms with Gasteiger partial charge in [0.05, 0.1) is 12.5 Å². The Bertz CT molecular complexity index is 837. The van der Waals surface area contributed by atoms with Crippen molar-refractivity contribution < 1.29 is 25.2 Å². The highest BCUT2D eigenvalue weighted by atomic mass is 32.2. The van der Waals surface area contributed by atoms with Gasteiger partial charge in [0.1, 0.15) is 11.5 Å². The third-order valence-corrected chi connectivity index (χ3v) is 4.46. The maximum Gasteiger partial charge on any atom is 0.306 e. The maximum atomic E-state index is 11.2. The highest BCUT2D eigenvalue weighted by Crippen LogP contribution is 2.30. The van der Waals surface area contributed by atoms with Gasteiger partial charge in [-0.2, -0.15) is 16.8 Å². The van der Waals surface area contributed by atoms with Crippen LogP contribution in [-0.4, -0.2) is 29.3 Å². The van der Waals surface area contributed by atoms with Crippen LogP contribution in [0, 0.1) is 0 Å². The molecule has 0 aromatic heterocycles. The first kappa shape index (κ1) is 19.3. The fourth-order valence-electron chi connectivity index (χ4n) is 2.52. The Morgan fingerprint density at radius 2 is 1.04 bits per heavy atom. The monoisotopic (exact) mass is 384 g/mol. The number of hydrogen-bond donors (Lipinski definition) is 0. The third kappa shape index (κ3) is 6.06. The molecule has 0 amide bonds. The van der Waals surface area contributed by atoms with Crippen LogP contribution < -0.4 is 8.37 Å². The molecule has 0 aliphatic heterocycles. The summed E-state index contributed by atoms with van der Waals surface area (Å²) in [7, 11) is -7.10. The molecule has 2 rings (SSSR count). The molecule has 0 spiro atoms. The van der Waals surface area contributed by atoms with E-state index in [2.05, 4.69) is 0 Å². The maximum absolute atomic E-state index is 11.2. The van der Waals surface area contributed by atoms with Crippen molar-refractivity contribution in [2.45, 2.75) is 19.3 Å². The van der Waals surface area contributed by atoms with Gasteiger partial charge in [-0.3, -0.25) is 0 Å². The molecule has 0 heterocycles. The molecule has 0 aliphatic carbocycles. The molecule has 2 aromatic rings. The fraction of sp³-hybridized carbons (Fsp3) is 0.294. The molecule has 8 heteroatoms. The zero-order valence-electron chi connectivity index (χ0n) is 14.2. The van der Waals surface area contributed by atoms with Crippen LogP contribution in [0.3, 0.4) is 0 Å². The molecular weight excluding hydrogens is 364 g/mol. The number of benzene rings is 2. The smallest absolute Gasteiger partial charge is 0.306 e. The van der Waals surface area contributed by atoms with E-state index in [-0.39, 0.29) is 17.4 Å². The molecule has 0 saturated heterocycles. The highest BCUT2D eigenvalue weighted by molar-refractivity contribution is 7.86. The Morgan fingerprint density at radius 1 is 0.720 bits per heavy atom. The summed E-state index contributed by atoms with van der Waals surface area (Å²) in [6, 6.07) is 13.7. The van der Waals surface area contributed by atoms with E-state index in [4.69, 9.17) is 8.37 Å². The van der Waals surface area contributed by atoms with E-state index in [9.17, 15) is 16.8 Å². The highest BCUT2D eigenvalue weighted by Gasteiger charge is 2.14. The van der Waals surface area contributed by atoms with Crippen LogP contribution in [0.1, 0.15) is 30.4 Å². The average Bonchev–Trinajstić information content (AvgIpc) is 2.48. The topological polar surface area (TPSA) is 86.7 Å². The lowest BCUT2D eigenvalue weighted by Crippen LogP contribution is -2.06. The number of hydrogen-bond acceptors (Lipinski definition) is 6. The lowest BCUT2D eigenvalue weighted by Gasteiger charge is -2.17. The normalized spacial score (nSPS) is 12.2. The molecule has 0 atom stereocenters. The summed E-state index contributed by atoms with van der Waals surface area (Å²) in [6.45, 7) is 2.03. The first-order valence-electron chi connectivity index (χ1n) is 7.56. The molecule has 0 N–H and O–H groups in total. The van der Waals surface area contributed by atoms with Gasteiger partial charge in [0.2, 0.25) is 0 Å². The SMILES string of the molecule is CCC(c1ccc(OS(C)(=O)=O)cc1)c1ccc(OS(C)(=O)=O)cc1. The van der Waals surface area contributed by atoms with Crippen molar-refractivity contribution in [1.29, 1.82) is 0 Å². The van der Waals surface area contributed by atoms with Crippen molar-refractivity contribution in [3.8, 4) is 11.5 Å². The van der Waals surface area contributed by atoms with Crippen LogP contribution >= 0.6 is 0 Å². The van der Waals surface area contributed by atoms with Gasteiger partial charge in [0, 0.05) is 5.92 Å². The van der Waals surface area contributed by atoms with Gasteiger partial charge < -0.3 is 8.37 Å². The Hall–Kier alpha value is -2.06.